The summed E-state index contributed by atoms with van der Waals surface area (Å²) in [6, 6.07) is 11.0. The number of esters is 2. The van der Waals surface area contributed by atoms with Gasteiger partial charge in [-0.1, -0.05) is 0 Å². The second kappa shape index (κ2) is 9.59. The molecular weight excluding hydrogens is 463 g/mol. The molecule has 0 amide bonds. The standard InChI is InChI=1S/C22H24Cl2O6S/c1-21(2,13-23)19(25)29-15-5-9-17(10-6-15)31(27,28)18-11-7-16(8-12-18)30-20(26)22(3,4)14-24/h5-12H,13-14H2,1-4H3. The number of sulfone groups is 1. The molecule has 0 heterocycles. The molecule has 0 saturated heterocycles. The highest BCUT2D eigenvalue weighted by Gasteiger charge is 2.30. The molecule has 2 aromatic rings. The predicted molar refractivity (Wildman–Crippen MR) is 119 cm³/mol. The molecule has 0 N–H and O–H groups in total. The van der Waals surface area contributed by atoms with Crippen LogP contribution in [0.1, 0.15) is 27.7 Å². The third-order valence-corrected chi connectivity index (χ3v) is 7.58. The van der Waals surface area contributed by atoms with Gasteiger partial charge in [-0.2, -0.15) is 0 Å². The van der Waals surface area contributed by atoms with E-state index in [-0.39, 0.29) is 33.0 Å². The second-order valence-electron chi connectivity index (χ2n) is 8.26. The van der Waals surface area contributed by atoms with Crippen molar-refractivity contribution < 1.29 is 27.5 Å². The van der Waals surface area contributed by atoms with Crippen LogP contribution < -0.4 is 9.47 Å². The summed E-state index contributed by atoms with van der Waals surface area (Å²) in [5.74, 6) is -0.418. The van der Waals surface area contributed by atoms with Crippen molar-refractivity contribution >= 4 is 45.0 Å². The maximum Gasteiger partial charge on any atom is 0.318 e. The van der Waals surface area contributed by atoms with E-state index in [2.05, 4.69) is 0 Å². The Bertz CT molecular complexity index is 963. The first kappa shape index (κ1) is 25.2. The lowest BCUT2D eigenvalue weighted by Crippen LogP contribution is -2.30. The largest absolute Gasteiger partial charge is 0.426 e. The Morgan fingerprint density at radius 2 is 1.00 bits per heavy atom. The zero-order valence-corrected chi connectivity index (χ0v) is 20.0. The molecular formula is C22H24Cl2O6S. The van der Waals surface area contributed by atoms with Crippen LogP contribution in [0.5, 0.6) is 11.5 Å². The van der Waals surface area contributed by atoms with Gasteiger partial charge in [0.25, 0.3) is 0 Å². The highest BCUT2D eigenvalue weighted by atomic mass is 35.5. The molecule has 0 fully saturated rings. The van der Waals surface area contributed by atoms with Crippen LogP contribution in [0.4, 0.5) is 0 Å². The predicted octanol–water partition coefficient (Wildman–Crippen LogP) is 4.86. The molecule has 0 aliphatic carbocycles. The van der Waals surface area contributed by atoms with Crippen LogP contribution >= 0.6 is 23.2 Å². The Hall–Kier alpha value is -2.09. The van der Waals surface area contributed by atoms with E-state index in [4.69, 9.17) is 32.7 Å². The second-order valence-corrected chi connectivity index (χ2v) is 10.7. The maximum absolute atomic E-state index is 12.9. The zero-order valence-electron chi connectivity index (χ0n) is 17.6. The summed E-state index contributed by atoms with van der Waals surface area (Å²) in [5, 5.41) is 0. The fourth-order valence-corrected chi connectivity index (χ4v) is 3.59. The number of halogens is 2. The Labute approximate surface area is 192 Å². The van der Waals surface area contributed by atoms with Crippen LogP contribution in [-0.4, -0.2) is 32.1 Å². The van der Waals surface area contributed by atoms with Crippen molar-refractivity contribution in [1.82, 2.24) is 0 Å². The molecule has 9 heteroatoms. The number of carbonyl (C=O) groups is 2. The molecule has 0 unspecified atom stereocenters. The van der Waals surface area contributed by atoms with Crippen LogP contribution in [-0.2, 0) is 19.4 Å². The molecule has 0 aliphatic heterocycles. The third-order valence-electron chi connectivity index (χ3n) is 4.46. The smallest absolute Gasteiger partial charge is 0.318 e. The van der Waals surface area contributed by atoms with Crippen LogP contribution in [0.2, 0.25) is 0 Å². The van der Waals surface area contributed by atoms with Gasteiger partial charge in [-0.15, -0.1) is 23.2 Å². The van der Waals surface area contributed by atoms with E-state index in [0.29, 0.717) is 0 Å². The third kappa shape index (κ3) is 5.99. The van der Waals surface area contributed by atoms with E-state index < -0.39 is 32.6 Å². The fraction of sp³-hybridized carbons (Fsp3) is 0.364. The lowest BCUT2D eigenvalue weighted by molar-refractivity contribution is -0.143. The molecule has 168 valence electrons. The quantitative estimate of drug-likeness (QED) is 0.300. The molecule has 0 atom stereocenters. The topological polar surface area (TPSA) is 86.7 Å². The minimum absolute atomic E-state index is 0.0249. The summed E-state index contributed by atoms with van der Waals surface area (Å²) in [6.45, 7) is 6.61. The van der Waals surface area contributed by atoms with Crippen LogP contribution in [0.3, 0.4) is 0 Å². The average Bonchev–Trinajstić information content (AvgIpc) is 2.74. The number of benzene rings is 2. The molecule has 2 aromatic carbocycles. The summed E-state index contributed by atoms with van der Waals surface area (Å²) in [6.07, 6.45) is 0. The lowest BCUT2D eigenvalue weighted by Gasteiger charge is -2.19. The van der Waals surface area contributed by atoms with Crippen molar-refractivity contribution in [2.75, 3.05) is 11.8 Å². The molecule has 0 aromatic heterocycles. The Morgan fingerprint density at radius 3 is 1.26 bits per heavy atom. The van der Waals surface area contributed by atoms with Gasteiger partial charge in [0, 0.05) is 11.8 Å². The number of alkyl halides is 2. The van der Waals surface area contributed by atoms with Gasteiger partial charge in [0.15, 0.2) is 0 Å². The SMILES string of the molecule is CC(C)(CCl)C(=O)Oc1ccc(S(=O)(=O)c2ccc(OC(=O)C(C)(C)CCl)cc2)cc1. The van der Waals surface area contributed by atoms with Crippen molar-refractivity contribution in [3.8, 4) is 11.5 Å². The summed E-state index contributed by atoms with van der Waals surface area (Å²) < 4.78 is 36.2. The number of rotatable bonds is 8. The fourth-order valence-electron chi connectivity index (χ4n) is 2.11. The van der Waals surface area contributed by atoms with E-state index >= 15 is 0 Å². The van der Waals surface area contributed by atoms with E-state index in [1.807, 2.05) is 0 Å². The van der Waals surface area contributed by atoms with Gasteiger partial charge in [-0.05, 0) is 76.2 Å². The first-order valence-corrected chi connectivity index (χ1v) is 11.9. The van der Waals surface area contributed by atoms with Crippen LogP contribution in [0.15, 0.2) is 58.3 Å². The molecule has 6 nitrogen and oxygen atoms in total. The first-order valence-electron chi connectivity index (χ1n) is 9.35. The van der Waals surface area contributed by atoms with Crippen molar-refractivity contribution in [2.45, 2.75) is 37.5 Å². The minimum atomic E-state index is -3.82. The summed E-state index contributed by atoms with van der Waals surface area (Å²) in [5.41, 5.74) is -1.73. The number of hydrogen-bond donors (Lipinski definition) is 0. The highest BCUT2D eigenvalue weighted by molar-refractivity contribution is 7.91. The van der Waals surface area contributed by atoms with Crippen LogP contribution in [0.25, 0.3) is 0 Å². The maximum atomic E-state index is 12.9. The molecule has 0 bridgehead atoms. The molecule has 0 saturated carbocycles. The van der Waals surface area contributed by atoms with Gasteiger partial charge in [-0.3, -0.25) is 9.59 Å². The van der Waals surface area contributed by atoms with Gasteiger partial charge >= 0.3 is 11.9 Å². The Morgan fingerprint density at radius 1 is 0.710 bits per heavy atom. The molecule has 0 spiro atoms. The Kier molecular flexibility index (Phi) is 7.79. The van der Waals surface area contributed by atoms with Gasteiger partial charge in [0.2, 0.25) is 9.84 Å². The monoisotopic (exact) mass is 486 g/mol. The number of ether oxygens (including phenoxy) is 2. The van der Waals surface area contributed by atoms with E-state index in [1.165, 1.54) is 48.5 Å². The van der Waals surface area contributed by atoms with Gasteiger partial charge in [-0.25, -0.2) is 8.42 Å². The summed E-state index contributed by atoms with van der Waals surface area (Å²) in [7, 11) is -3.82. The first-order chi connectivity index (χ1) is 14.3. The van der Waals surface area contributed by atoms with Crippen LogP contribution in [0, 0.1) is 10.8 Å². The Balaban J connectivity index is 2.16. The summed E-state index contributed by atoms with van der Waals surface area (Å²) in [4.78, 5) is 24.2. The van der Waals surface area contributed by atoms with Gasteiger partial charge in [0.05, 0.1) is 20.6 Å². The number of hydrogen-bond acceptors (Lipinski definition) is 6. The van der Waals surface area contributed by atoms with Crippen molar-refractivity contribution in [1.29, 1.82) is 0 Å². The van der Waals surface area contributed by atoms with E-state index in [0.717, 1.165) is 0 Å². The molecule has 31 heavy (non-hydrogen) atoms. The van der Waals surface area contributed by atoms with Crippen molar-refractivity contribution in [3.63, 3.8) is 0 Å². The van der Waals surface area contributed by atoms with Gasteiger partial charge in [0.1, 0.15) is 11.5 Å². The normalized spacial score (nSPS) is 12.3. The van der Waals surface area contributed by atoms with E-state index in [1.54, 1.807) is 27.7 Å². The van der Waals surface area contributed by atoms with E-state index in [9.17, 15) is 18.0 Å². The molecule has 0 radical (unpaired) electrons. The lowest BCUT2D eigenvalue weighted by atomic mass is 9.97. The summed E-state index contributed by atoms with van der Waals surface area (Å²) >= 11 is 11.5. The van der Waals surface area contributed by atoms with Crippen molar-refractivity contribution in [2.24, 2.45) is 10.8 Å². The zero-order chi connectivity index (χ0) is 23.4. The average molecular weight is 487 g/mol. The highest BCUT2D eigenvalue weighted by Crippen LogP contribution is 2.27. The van der Waals surface area contributed by atoms with Gasteiger partial charge < -0.3 is 9.47 Å². The molecule has 2 rings (SSSR count). The molecule has 0 aliphatic rings. The van der Waals surface area contributed by atoms with Crippen molar-refractivity contribution in [3.05, 3.63) is 48.5 Å². The number of carbonyl (C=O) groups excluding carboxylic acids is 2. The minimum Gasteiger partial charge on any atom is -0.426 e.